The van der Waals surface area contributed by atoms with Gasteiger partial charge in [0.1, 0.15) is 24.7 Å². The minimum Gasteiger partial charge on any atom is -0.497 e. The van der Waals surface area contributed by atoms with E-state index in [0.29, 0.717) is 0 Å². The second-order valence-corrected chi connectivity index (χ2v) is 18.8. The SMILES string of the molecule is COc1ccc2c(c1)C(C)(C)C(/C=C/C1=C(OC(c3cc[n+](C)cc3)C(C)C)C(=C/C=C3/N(CCc4ccccc4)c4ccc(CO)cc4C3(C)C)/CC1)=[N+]2CCc1ccccc1. The van der Waals surface area contributed by atoms with Crippen LogP contribution in [0.3, 0.4) is 0 Å². The van der Waals surface area contributed by atoms with E-state index >= 15 is 0 Å². The fourth-order valence-electron chi connectivity index (χ4n) is 9.80. The number of pyridine rings is 1. The Labute approximate surface area is 375 Å². The number of aromatic nitrogens is 1. The van der Waals surface area contributed by atoms with Crippen molar-refractivity contribution >= 4 is 17.1 Å². The van der Waals surface area contributed by atoms with Crippen LogP contribution in [0.15, 0.2) is 168 Å². The summed E-state index contributed by atoms with van der Waals surface area (Å²) < 4.78 is 17.7. The first-order chi connectivity index (χ1) is 30.4. The van der Waals surface area contributed by atoms with Gasteiger partial charge in [0.15, 0.2) is 24.7 Å². The van der Waals surface area contributed by atoms with Crippen molar-refractivity contribution < 1.29 is 23.7 Å². The summed E-state index contributed by atoms with van der Waals surface area (Å²) in [4.78, 5) is 2.50. The lowest BCUT2D eigenvalue weighted by Gasteiger charge is -2.27. The molecule has 1 atom stereocenters. The normalized spacial score (nSPS) is 18.3. The molecule has 0 saturated carbocycles. The molecule has 6 nitrogen and oxygen atoms in total. The molecule has 2 aliphatic heterocycles. The highest BCUT2D eigenvalue weighted by Gasteiger charge is 2.45. The van der Waals surface area contributed by atoms with Gasteiger partial charge in [-0.25, -0.2) is 4.57 Å². The minimum absolute atomic E-state index is 0.0241. The number of fused-ring (bicyclic) bond motifs is 2. The highest BCUT2D eigenvalue weighted by molar-refractivity contribution is 6.03. The van der Waals surface area contributed by atoms with Crippen LogP contribution in [-0.4, -0.2) is 35.6 Å². The zero-order valence-corrected chi connectivity index (χ0v) is 38.6. The van der Waals surface area contributed by atoms with Gasteiger partial charge in [0.2, 0.25) is 5.69 Å². The molecule has 0 radical (unpaired) electrons. The molecule has 324 valence electrons. The third kappa shape index (κ3) is 8.97. The van der Waals surface area contributed by atoms with Gasteiger partial charge in [0, 0.05) is 65.2 Å². The van der Waals surface area contributed by atoms with Gasteiger partial charge < -0.3 is 19.5 Å². The van der Waals surface area contributed by atoms with Crippen LogP contribution in [0, 0.1) is 5.92 Å². The van der Waals surface area contributed by atoms with E-state index in [1.54, 1.807) is 7.11 Å². The van der Waals surface area contributed by atoms with E-state index in [9.17, 15) is 5.11 Å². The fraction of sp³-hybridized carbons (Fsp3) is 0.333. The van der Waals surface area contributed by atoms with Crippen molar-refractivity contribution in [3.63, 3.8) is 0 Å². The van der Waals surface area contributed by atoms with E-state index < -0.39 is 0 Å². The fourth-order valence-corrected chi connectivity index (χ4v) is 9.80. The molecule has 63 heavy (non-hydrogen) atoms. The minimum atomic E-state index is -0.272. The predicted molar refractivity (Wildman–Crippen MR) is 257 cm³/mol. The Kier molecular flexibility index (Phi) is 12.7. The Morgan fingerprint density at radius 2 is 1.44 bits per heavy atom. The summed E-state index contributed by atoms with van der Waals surface area (Å²) in [6.45, 7) is 15.6. The molecule has 0 fully saturated rings. The van der Waals surface area contributed by atoms with E-state index in [0.717, 1.165) is 55.8 Å². The Hall–Kier alpha value is -5.98. The third-order valence-electron chi connectivity index (χ3n) is 13.5. The van der Waals surface area contributed by atoms with E-state index in [-0.39, 0.29) is 29.5 Å². The van der Waals surface area contributed by atoms with Crippen LogP contribution in [0.5, 0.6) is 5.75 Å². The number of rotatable bonds is 15. The Morgan fingerprint density at radius 1 is 0.746 bits per heavy atom. The van der Waals surface area contributed by atoms with Gasteiger partial charge in [-0.3, -0.25) is 0 Å². The summed E-state index contributed by atoms with van der Waals surface area (Å²) in [5.41, 5.74) is 14.2. The number of aliphatic hydroxyl groups excluding tert-OH is 1. The van der Waals surface area contributed by atoms with E-state index in [1.807, 2.05) is 0 Å². The van der Waals surface area contributed by atoms with Gasteiger partial charge in [-0.1, -0.05) is 107 Å². The van der Waals surface area contributed by atoms with E-state index in [1.165, 1.54) is 61.7 Å². The number of benzene rings is 4. The van der Waals surface area contributed by atoms with Crippen LogP contribution < -0.4 is 14.2 Å². The topological polar surface area (TPSA) is 48.8 Å². The second-order valence-electron chi connectivity index (χ2n) is 18.8. The van der Waals surface area contributed by atoms with Crippen LogP contribution >= 0.6 is 0 Å². The number of anilines is 1. The number of nitrogens with zero attached hydrogens (tertiary/aromatic N) is 3. The number of aliphatic hydroxyl groups is 1. The van der Waals surface area contributed by atoms with Crippen molar-refractivity contribution in [3.8, 4) is 5.75 Å². The number of allylic oxidation sites excluding steroid dienone is 7. The number of ether oxygens (including phenoxy) is 2. The molecule has 0 amide bonds. The molecule has 5 aromatic rings. The molecule has 1 aliphatic carbocycles. The maximum Gasteiger partial charge on any atom is 0.210 e. The lowest BCUT2D eigenvalue weighted by Crippen LogP contribution is -2.28. The number of hydrogen-bond donors (Lipinski definition) is 1. The van der Waals surface area contributed by atoms with Gasteiger partial charge >= 0.3 is 0 Å². The smallest absolute Gasteiger partial charge is 0.210 e. The molecule has 6 heteroatoms. The largest absolute Gasteiger partial charge is 0.497 e. The average molecular weight is 840 g/mol. The highest BCUT2D eigenvalue weighted by Crippen LogP contribution is 2.49. The zero-order chi connectivity index (χ0) is 44.3. The first-order valence-corrected chi connectivity index (χ1v) is 22.8. The first kappa shape index (κ1) is 43.7. The summed E-state index contributed by atoms with van der Waals surface area (Å²) in [7, 11) is 3.81. The van der Waals surface area contributed by atoms with E-state index in [2.05, 4.69) is 209 Å². The molecule has 3 aliphatic rings. The molecular weight excluding hydrogens is 775 g/mol. The molecule has 0 saturated heterocycles. The van der Waals surface area contributed by atoms with Gasteiger partial charge in [-0.05, 0) is 103 Å². The van der Waals surface area contributed by atoms with Gasteiger partial charge in [0.05, 0.1) is 19.1 Å². The van der Waals surface area contributed by atoms with Crippen LogP contribution in [0.2, 0.25) is 0 Å². The quantitative estimate of drug-likeness (QED) is 0.107. The molecular formula is C57H65N3O3+2. The van der Waals surface area contributed by atoms with Crippen LogP contribution in [-0.2, 0) is 42.1 Å². The molecule has 8 rings (SSSR count). The zero-order valence-electron chi connectivity index (χ0n) is 38.6. The number of methoxy groups -OCH3 is 1. The predicted octanol–water partition coefficient (Wildman–Crippen LogP) is 11.5. The maximum atomic E-state index is 10.2. The van der Waals surface area contributed by atoms with Crippen molar-refractivity contribution in [2.75, 3.05) is 25.1 Å². The monoisotopic (exact) mass is 840 g/mol. The molecule has 3 heterocycles. The molecule has 1 N–H and O–H groups in total. The summed E-state index contributed by atoms with van der Waals surface area (Å²) in [6, 6.07) is 38.9. The molecule has 4 aromatic carbocycles. The molecule has 1 aromatic heterocycles. The summed E-state index contributed by atoms with van der Waals surface area (Å²) in [6.07, 6.45) is 17.1. The summed E-state index contributed by atoms with van der Waals surface area (Å²) in [5.74, 6) is 2.10. The number of aryl methyl sites for hydroxylation is 1. The summed E-state index contributed by atoms with van der Waals surface area (Å²) in [5, 5.41) is 10.2. The van der Waals surface area contributed by atoms with Gasteiger partial charge in [0.25, 0.3) is 0 Å². The van der Waals surface area contributed by atoms with Crippen molar-refractivity contribution in [1.82, 2.24) is 0 Å². The van der Waals surface area contributed by atoms with Crippen molar-refractivity contribution in [2.24, 2.45) is 13.0 Å². The Morgan fingerprint density at radius 3 is 2.11 bits per heavy atom. The molecule has 1 unspecified atom stereocenters. The highest BCUT2D eigenvalue weighted by atomic mass is 16.5. The Bertz CT molecular complexity index is 2590. The lowest BCUT2D eigenvalue weighted by atomic mass is 9.81. The maximum absolute atomic E-state index is 10.2. The average Bonchev–Trinajstić information content (AvgIpc) is 3.85. The summed E-state index contributed by atoms with van der Waals surface area (Å²) >= 11 is 0. The van der Waals surface area contributed by atoms with Gasteiger partial charge in [-0.2, -0.15) is 4.58 Å². The Balaban J connectivity index is 1.22. The lowest BCUT2D eigenvalue weighted by molar-refractivity contribution is -0.671. The van der Waals surface area contributed by atoms with Crippen LogP contribution in [0.25, 0.3) is 0 Å². The van der Waals surface area contributed by atoms with Crippen molar-refractivity contribution in [3.05, 3.63) is 202 Å². The van der Waals surface area contributed by atoms with Gasteiger partial charge in [-0.15, -0.1) is 0 Å². The second kappa shape index (κ2) is 18.4. The molecule has 0 bridgehead atoms. The first-order valence-electron chi connectivity index (χ1n) is 22.8. The third-order valence-corrected chi connectivity index (χ3v) is 13.5. The van der Waals surface area contributed by atoms with Crippen LogP contribution in [0.1, 0.15) is 93.9 Å². The van der Waals surface area contributed by atoms with E-state index in [4.69, 9.17) is 9.47 Å². The van der Waals surface area contributed by atoms with Crippen LogP contribution in [0.4, 0.5) is 11.4 Å². The number of hydrogen-bond acceptors (Lipinski definition) is 4. The standard InChI is InChI=1S/C57H65N3O3/c1-40(2)54(46-31-33-58(7)34-32-46)63-55-44(22-27-52-56(3,4)48-37-43(39-61)19-25-50(48)59(52)35-29-41-15-11-9-12-16-41)20-21-45(55)23-28-53-57(5,6)49-38-47(62-8)24-26-51(49)60(53)36-30-42-17-13-10-14-18-42/h9-19,22-28,31-34,37-38,40,54,61H,20-21,29-30,35-36,39H2,1-8H3/q+2. The van der Waals surface area contributed by atoms with Crippen molar-refractivity contribution in [1.29, 1.82) is 0 Å². The molecule has 0 spiro atoms. The van der Waals surface area contributed by atoms with Crippen molar-refractivity contribution in [2.45, 2.75) is 90.8 Å².